The maximum atomic E-state index is 12.1. The van der Waals surface area contributed by atoms with Crippen molar-refractivity contribution < 1.29 is 18.3 Å². The first-order valence-electron chi connectivity index (χ1n) is 4.95. The molecular formula is C11H12ClF2NO2. The van der Waals surface area contributed by atoms with Crippen molar-refractivity contribution in [1.29, 1.82) is 0 Å². The lowest BCUT2D eigenvalue weighted by atomic mass is 10.2. The number of alkyl halides is 3. The fraction of sp³-hybridized carbons (Fsp3) is 0.364. The summed E-state index contributed by atoms with van der Waals surface area (Å²) >= 11 is 5.53. The van der Waals surface area contributed by atoms with Crippen LogP contribution >= 0.6 is 11.6 Å². The van der Waals surface area contributed by atoms with Crippen molar-refractivity contribution in [2.24, 2.45) is 5.92 Å². The molecule has 0 aliphatic heterocycles. The van der Waals surface area contributed by atoms with Crippen LogP contribution in [0.4, 0.5) is 14.5 Å². The lowest BCUT2D eigenvalue weighted by Crippen LogP contribution is -2.22. The third-order valence-corrected chi connectivity index (χ3v) is 2.50. The number of ether oxygens (including phenoxy) is 1. The van der Waals surface area contributed by atoms with Gasteiger partial charge in [-0.15, -0.1) is 11.6 Å². The average molecular weight is 264 g/mol. The van der Waals surface area contributed by atoms with Gasteiger partial charge < -0.3 is 10.1 Å². The zero-order valence-corrected chi connectivity index (χ0v) is 9.88. The summed E-state index contributed by atoms with van der Waals surface area (Å²) in [6.45, 7) is -1.29. The Morgan fingerprint density at radius 1 is 1.47 bits per heavy atom. The van der Waals surface area contributed by atoms with Gasteiger partial charge in [0, 0.05) is 11.8 Å². The summed E-state index contributed by atoms with van der Waals surface area (Å²) < 4.78 is 28.5. The molecule has 6 heteroatoms. The Kier molecular flexibility index (Phi) is 5.15. The summed E-state index contributed by atoms with van der Waals surface area (Å²) in [5.74, 6) is -0.664. The first-order valence-corrected chi connectivity index (χ1v) is 5.48. The monoisotopic (exact) mass is 263 g/mol. The number of carbonyl (C=O) groups is 1. The van der Waals surface area contributed by atoms with Gasteiger partial charge in [0.15, 0.2) is 0 Å². The number of hydrogen-bond acceptors (Lipinski definition) is 2. The molecule has 3 nitrogen and oxygen atoms in total. The zero-order chi connectivity index (χ0) is 12.8. The van der Waals surface area contributed by atoms with Crippen molar-refractivity contribution in [3.05, 3.63) is 24.3 Å². The number of para-hydroxylation sites is 2. The molecule has 1 unspecified atom stereocenters. The highest BCUT2D eigenvalue weighted by atomic mass is 35.5. The first-order chi connectivity index (χ1) is 8.04. The molecule has 0 radical (unpaired) electrons. The Labute approximate surface area is 103 Å². The summed E-state index contributed by atoms with van der Waals surface area (Å²) in [5, 5.41) is 2.48. The molecule has 0 fully saturated rings. The van der Waals surface area contributed by atoms with Gasteiger partial charge in [-0.2, -0.15) is 8.78 Å². The maximum absolute atomic E-state index is 12.1. The Bertz CT molecular complexity index is 387. The minimum absolute atomic E-state index is 0.0716. The molecule has 0 aromatic heterocycles. The molecule has 17 heavy (non-hydrogen) atoms. The van der Waals surface area contributed by atoms with Crippen molar-refractivity contribution in [3.8, 4) is 5.75 Å². The maximum Gasteiger partial charge on any atom is 0.387 e. The topological polar surface area (TPSA) is 38.3 Å². The molecule has 0 heterocycles. The smallest absolute Gasteiger partial charge is 0.387 e. The second-order valence-electron chi connectivity index (χ2n) is 3.42. The van der Waals surface area contributed by atoms with Crippen molar-refractivity contribution in [2.75, 3.05) is 11.2 Å². The molecule has 94 valence electrons. The molecule has 0 saturated heterocycles. The van der Waals surface area contributed by atoms with Crippen LogP contribution in [-0.2, 0) is 4.79 Å². The predicted octanol–water partition coefficient (Wildman–Crippen LogP) is 3.10. The van der Waals surface area contributed by atoms with Crippen LogP contribution in [0.15, 0.2) is 24.3 Å². The molecule has 0 saturated carbocycles. The molecule has 1 aromatic rings. The predicted molar refractivity (Wildman–Crippen MR) is 61.6 cm³/mol. The number of halogens is 3. The van der Waals surface area contributed by atoms with E-state index >= 15 is 0 Å². The standard InChI is InChI=1S/C11H12ClF2NO2/c1-7(6-12)10(16)15-8-4-2-3-5-9(8)17-11(13)14/h2-5,7,11H,6H2,1H3,(H,15,16). The van der Waals surface area contributed by atoms with Crippen LogP contribution in [0.25, 0.3) is 0 Å². The van der Waals surface area contributed by atoms with Crippen molar-refractivity contribution in [1.82, 2.24) is 0 Å². The van der Waals surface area contributed by atoms with Gasteiger partial charge in [0.1, 0.15) is 5.75 Å². The normalized spacial score (nSPS) is 12.3. The Morgan fingerprint density at radius 2 is 2.12 bits per heavy atom. The van der Waals surface area contributed by atoms with Crippen LogP contribution in [0.3, 0.4) is 0 Å². The number of carbonyl (C=O) groups excluding carboxylic acids is 1. The van der Waals surface area contributed by atoms with Gasteiger partial charge in [-0.05, 0) is 12.1 Å². The van der Waals surface area contributed by atoms with E-state index in [0.29, 0.717) is 0 Å². The van der Waals surface area contributed by atoms with Crippen LogP contribution in [-0.4, -0.2) is 18.4 Å². The molecule has 1 amide bonds. The van der Waals surface area contributed by atoms with Gasteiger partial charge in [-0.1, -0.05) is 19.1 Å². The second-order valence-corrected chi connectivity index (χ2v) is 3.73. The van der Waals surface area contributed by atoms with Crippen molar-refractivity contribution >= 4 is 23.2 Å². The summed E-state index contributed by atoms with van der Waals surface area (Å²) in [5.41, 5.74) is 0.203. The van der Waals surface area contributed by atoms with E-state index in [4.69, 9.17) is 11.6 Å². The van der Waals surface area contributed by atoms with E-state index in [1.807, 2.05) is 0 Å². The molecule has 1 rings (SSSR count). The van der Waals surface area contributed by atoms with E-state index < -0.39 is 12.5 Å². The molecule has 1 aromatic carbocycles. The molecule has 0 spiro atoms. The molecule has 0 aliphatic carbocycles. The average Bonchev–Trinajstić information content (AvgIpc) is 2.29. The van der Waals surface area contributed by atoms with Crippen molar-refractivity contribution in [3.63, 3.8) is 0 Å². The molecule has 1 atom stereocenters. The number of benzene rings is 1. The van der Waals surface area contributed by atoms with E-state index in [1.165, 1.54) is 12.1 Å². The quantitative estimate of drug-likeness (QED) is 0.829. The van der Waals surface area contributed by atoms with Crippen molar-refractivity contribution in [2.45, 2.75) is 13.5 Å². The molecule has 0 bridgehead atoms. The number of rotatable bonds is 5. The van der Waals surface area contributed by atoms with Crippen LogP contribution in [0.2, 0.25) is 0 Å². The van der Waals surface area contributed by atoms with Gasteiger partial charge in [-0.25, -0.2) is 0 Å². The van der Waals surface area contributed by atoms with Gasteiger partial charge in [-0.3, -0.25) is 4.79 Å². The molecule has 0 aliphatic rings. The van der Waals surface area contributed by atoms with Crippen LogP contribution in [0.5, 0.6) is 5.75 Å². The van der Waals surface area contributed by atoms with E-state index in [9.17, 15) is 13.6 Å². The third-order valence-electron chi connectivity index (χ3n) is 2.04. The van der Waals surface area contributed by atoms with E-state index in [2.05, 4.69) is 10.1 Å². The highest BCUT2D eigenvalue weighted by molar-refractivity contribution is 6.19. The fourth-order valence-corrected chi connectivity index (χ4v) is 1.23. The van der Waals surface area contributed by atoms with E-state index in [-0.39, 0.29) is 23.2 Å². The zero-order valence-electron chi connectivity index (χ0n) is 9.12. The number of anilines is 1. The number of amides is 1. The minimum Gasteiger partial charge on any atom is -0.433 e. The Morgan fingerprint density at radius 3 is 2.71 bits per heavy atom. The Balaban J connectivity index is 2.79. The second kappa shape index (κ2) is 6.39. The summed E-state index contributed by atoms with van der Waals surface area (Å²) in [6.07, 6.45) is 0. The molecular weight excluding hydrogens is 252 g/mol. The summed E-state index contributed by atoms with van der Waals surface area (Å²) in [7, 11) is 0. The highest BCUT2D eigenvalue weighted by Gasteiger charge is 2.15. The summed E-state index contributed by atoms with van der Waals surface area (Å²) in [4.78, 5) is 11.5. The third kappa shape index (κ3) is 4.19. The lowest BCUT2D eigenvalue weighted by Gasteiger charge is -2.13. The van der Waals surface area contributed by atoms with Gasteiger partial charge >= 0.3 is 6.61 Å². The largest absolute Gasteiger partial charge is 0.433 e. The van der Waals surface area contributed by atoms with E-state index in [1.54, 1.807) is 19.1 Å². The number of nitrogens with one attached hydrogen (secondary N) is 1. The van der Waals surface area contributed by atoms with Gasteiger partial charge in [0.25, 0.3) is 0 Å². The number of hydrogen-bond donors (Lipinski definition) is 1. The fourth-order valence-electron chi connectivity index (χ4n) is 1.09. The first kappa shape index (κ1) is 13.7. The van der Waals surface area contributed by atoms with Gasteiger partial charge in [0.2, 0.25) is 5.91 Å². The van der Waals surface area contributed by atoms with Crippen LogP contribution in [0.1, 0.15) is 6.92 Å². The Hall–Kier alpha value is -1.36. The minimum atomic E-state index is -2.93. The summed E-state index contributed by atoms with van der Waals surface area (Å²) in [6, 6.07) is 5.99. The van der Waals surface area contributed by atoms with E-state index in [0.717, 1.165) is 0 Å². The van der Waals surface area contributed by atoms with Crippen LogP contribution in [0, 0.1) is 5.92 Å². The highest BCUT2D eigenvalue weighted by Crippen LogP contribution is 2.25. The molecule has 1 N–H and O–H groups in total. The van der Waals surface area contributed by atoms with Gasteiger partial charge in [0.05, 0.1) is 5.69 Å². The SMILES string of the molecule is CC(CCl)C(=O)Nc1ccccc1OC(F)F. The lowest BCUT2D eigenvalue weighted by molar-refractivity contribution is -0.118. The van der Waals surface area contributed by atoms with Crippen LogP contribution < -0.4 is 10.1 Å².